The lowest BCUT2D eigenvalue weighted by Crippen LogP contribution is -2.49. The minimum absolute atomic E-state index is 0.0185. The zero-order valence-corrected chi connectivity index (χ0v) is 17.0. The van der Waals surface area contributed by atoms with Crippen LogP contribution in [0.15, 0.2) is 48.5 Å². The van der Waals surface area contributed by atoms with Gasteiger partial charge in [-0.25, -0.2) is 0 Å². The highest BCUT2D eigenvalue weighted by Crippen LogP contribution is 2.26. The molecule has 0 aromatic heterocycles. The first kappa shape index (κ1) is 20.2. The average molecular weight is 406 g/mol. The number of benzene rings is 2. The maximum Gasteiger partial charge on any atom is 0.234 e. The molecule has 1 fully saturated rings. The molecule has 4 nitrogen and oxygen atoms in total. The summed E-state index contributed by atoms with van der Waals surface area (Å²) >= 11 is 12.2. The zero-order valence-electron chi connectivity index (χ0n) is 15.5. The number of hydrogen-bond donors (Lipinski definition) is 1. The summed E-state index contributed by atoms with van der Waals surface area (Å²) in [5.41, 5.74) is 2.21. The maximum atomic E-state index is 12.4. The van der Waals surface area contributed by atoms with E-state index in [0.29, 0.717) is 16.6 Å². The molecule has 0 saturated carbocycles. The van der Waals surface area contributed by atoms with Crippen molar-refractivity contribution in [2.45, 2.75) is 19.5 Å². The summed E-state index contributed by atoms with van der Waals surface area (Å²) in [6.07, 6.45) is 0. The second kappa shape index (κ2) is 9.56. The van der Waals surface area contributed by atoms with Crippen molar-refractivity contribution in [3.8, 4) is 0 Å². The largest absolute Gasteiger partial charge is 0.348 e. The molecule has 27 heavy (non-hydrogen) atoms. The number of carbonyl (C=O) groups is 1. The van der Waals surface area contributed by atoms with Gasteiger partial charge in [-0.2, -0.15) is 0 Å². The van der Waals surface area contributed by atoms with Crippen LogP contribution in [0.4, 0.5) is 0 Å². The average Bonchev–Trinajstić information content (AvgIpc) is 2.64. The van der Waals surface area contributed by atoms with Crippen molar-refractivity contribution in [3.05, 3.63) is 69.7 Å². The topological polar surface area (TPSA) is 35.6 Å². The Kier molecular flexibility index (Phi) is 7.13. The Morgan fingerprint density at radius 1 is 1.04 bits per heavy atom. The van der Waals surface area contributed by atoms with Gasteiger partial charge in [0.25, 0.3) is 0 Å². The van der Waals surface area contributed by atoms with Gasteiger partial charge < -0.3 is 5.32 Å². The normalized spacial score (nSPS) is 16.9. The third-order valence-electron chi connectivity index (χ3n) is 4.89. The van der Waals surface area contributed by atoms with Gasteiger partial charge in [-0.3, -0.25) is 14.6 Å². The van der Waals surface area contributed by atoms with Crippen LogP contribution in [0.1, 0.15) is 24.1 Å². The predicted octanol–water partition coefficient (Wildman–Crippen LogP) is 3.99. The lowest BCUT2D eigenvalue weighted by molar-refractivity contribution is -0.123. The minimum Gasteiger partial charge on any atom is -0.348 e. The third kappa shape index (κ3) is 5.94. The van der Waals surface area contributed by atoms with E-state index in [-0.39, 0.29) is 11.9 Å². The first-order chi connectivity index (χ1) is 13.0. The molecule has 1 aliphatic rings. The Morgan fingerprint density at radius 3 is 2.37 bits per heavy atom. The van der Waals surface area contributed by atoms with Gasteiger partial charge in [0.05, 0.1) is 12.6 Å². The molecule has 0 spiro atoms. The Hall–Kier alpha value is -1.59. The second-order valence-corrected chi connectivity index (χ2v) is 7.84. The minimum atomic E-state index is -0.151. The summed E-state index contributed by atoms with van der Waals surface area (Å²) in [5, 5.41) is 4.20. The quantitative estimate of drug-likeness (QED) is 0.788. The summed E-state index contributed by atoms with van der Waals surface area (Å²) in [6.45, 7) is 7.06. The number of hydrogen-bond acceptors (Lipinski definition) is 3. The van der Waals surface area contributed by atoms with Crippen LogP contribution in [0, 0.1) is 0 Å². The van der Waals surface area contributed by atoms with Gasteiger partial charge in [0.2, 0.25) is 5.91 Å². The number of nitrogens with one attached hydrogen (secondary N) is 1. The summed E-state index contributed by atoms with van der Waals surface area (Å²) in [6, 6.07) is 15.7. The molecule has 0 radical (unpaired) electrons. The Balaban J connectivity index is 1.44. The molecule has 1 N–H and O–H groups in total. The number of carbonyl (C=O) groups excluding carboxylic acids is 1. The van der Waals surface area contributed by atoms with E-state index in [1.54, 1.807) is 12.1 Å². The number of rotatable bonds is 6. The first-order valence-electron chi connectivity index (χ1n) is 9.24. The molecule has 2 aromatic rings. The van der Waals surface area contributed by atoms with E-state index in [1.807, 2.05) is 19.1 Å². The SMILES string of the molecule is CC(NC(=O)CN1CCN(Cc2ccccc2)CC1)c1ccc(Cl)cc1Cl. The molecular weight excluding hydrogens is 381 g/mol. The van der Waals surface area contributed by atoms with Crippen LogP contribution in [0.5, 0.6) is 0 Å². The van der Waals surface area contributed by atoms with Crippen molar-refractivity contribution in [2.24, 2.45) is 0 Å². The number of halogens is 2. The molecule has 1 amide bonds. The van der Waals surface area contributed by atoms with E-state index in [1.165, 1.54) is 5.56 Å². The van der Waals surface area contributed by atoms with Gasteiger partial charge >= 0.3 is 0 Å². The molecule has 1 atom stereocenters. The van der Waals surface area contributed by atoms with E-state index in [2.05, 4.69) is 39.4 Å². The van der Waals surface area contributed by atoms with Crippen LogP contribution in [0.2, 0.25) is 10.0 Å². The zero-order chi connectivity index (χ0) is 19.2. The van der Waals surface area contributed by atoms with E-state index in [4.69, 9.17) is 23.2 Å². The van der Waals surface area contributed by atoms with Gasteiger partial charge in [-0.05, 0) is 30.2 Å². The van der Waals surface area contributed by atoms with Crippen LogP contribution in [-0.2, 0) is 11.3 Å². The summed E-state index contributed by atoms with van der Waals surface area (Å²) in [5.74, 6) is 0.0185. The van der Waals surface area contributed by atoms with E-state index in [0.717, 1.165) is 38.3 Å². The molecular formula is C21H25Cl2N3O. The summed E-state index contributed by atoms with van der Waals surface area (Å²) in [7, 11) is 0. The van der Waals surface area contributed by atoms with Gasteiger partial charge in [0.1, 0.15) is 0 Å². The standard InChI is InChI=1S/C21H25Cl2N3O/c1-16(19-8-7-18(22)13-20(19)23)24-21(27)15-26-11-9-25(10-12-26)14-17-5-3-2-4-6-17/h2-8,13,16H,9-12,14-15H2,1H3,(H,24,27). The van der Waals surface area contributed by atoms with Crippen LogP contribution in [-0.4, -0.2) is 48.4 Å². The lowest BCUT2D eigenvalue weighted by atomic mass is 10.1. The number of piperazine rings is 1. The van der Waals surface area contributed by atoms with Crippen molar-refractivity contribution in [1.29, 1.82) is 0 Å². The Labute approximate surface area is 171 Å². The highest BCUT2D eigenvalue weighted by molar-refractivity contribution is 6.35. The van der Waals surface area contributed by atoms with Gasteiger partial charge in [-0.1, -0.05) is 59.6 Å². The molecule has 6 heteroatoms. The Bertz CT molecular complexity index is 761. The fourth-order valence-electron chi connectivity index (χ4n) is 3.37. The lowest BCUT2D eigenvalue weighted by Gasteiger charge is -2.34. The van der Waals surface area contributed by atoms with E-state index < -0.39 is 0 Å². The molecule has 2 aromatic carbocycles. The van der Waals surface area contributed by atoms with Crippen LogP contribution in [0.25, 0.3) is 0 Å². The number of nitrogens with zero attached hydrogens (tertiary/aromatic N) is 2. The fourth-order valence-corrected chi connectivity index (χ4v) is 3.94. The maximum absolute atomic E-state index is 12.4. The van der Waals surface area contributed by atoms with Crippen molar-refractivity contribution >= 4 is 29.1 Å². The molecule has 1 heterocycles. The molecule has 0 aliphatic carbocycles. The van der Waals surface area contributed by atoms with Crippen LogP contribution < -0.4 is 5.32 Å². The van der Waals surface area contributed by atoms with E-state index in [9.17, 15) is 4.79 Å². The monoisotopic (exact) mass is 405 g/mol. The summed E-state index contributed by atoms with van der Waals surface area (Å²) < 4.78 is 0. The number of amides is 1. The van der Waals surface area contributed by atoms with Crippen molar-refractivity contribution in [1.82, 2.24) is 15.1 Å². The van der Waals surface area contributed by atoms with Crippen molar-refractivity contribution < 1.29 is 4.79 Å². The van der Waals surface area contributed by atoms with Crippen LogP contribution in [0.3, 0.4) is 0 Å². The third-order valence-corrected chi connectivity index (χ3v) is 5.45. The van der Waals surface area contributed by atoms with Gasteiger partial charge in [0, 0.05) is 42.8 Å². The van der Waals surface area contributed by atoms with Crippen LogP contribution >= 0.6 is 23.2 Å². The first-order valence-corrected chi connectivity index (χ1v) is 10.00. The molecule has 144 valence electrons. The Morgan fingerprint density at radius 2 is 1.70 bits per heavy atom. The molecule has 3 rings (SSSR count). The highest BCUT2D eigenvalue weighted by atomic mass is 35.5. The molecule has 1 aliphatic heterocycles. The fraction of sp³-hybridized carbons (Fsp3) is 0.381. The molecule has 0 bridgehead atoms. The predicted molar refractivity (Wildman–Crippen MR) is 111 cm³/mol. The molecule has 1 saturated heterocycles. The van der Waals surface area contributed by atoms with Crippen molar-refractivity contribution in [2.75, 3.05) is 32.7 Å². The molecule has 1 unspecified atom stereocenters. The highest BCUT2D eigenvalue weighted by Gasteiger charge is 2.20. The van der Waals surface area contributed by atoms with Gasteiger partial charge in [-0.15, -0.1) is 0 Å². The second-order valence-electron chi connectivity index (χ2n) is 6.99. The van der Waals surface area contributed by atoms with Crippen molar-refractivity contribution in [3.63, 3.8) is 0 Å². The van der Waals surface area contributed by atoms with Gasteiger partial charge in [0.15, 0.2) is 0 Å². The smallest absolute Gasteiger partial charge is 0.234 e. The van der Waals surface area contributed by atoms with E-state index >= 15 is 0 Å². The summed E-state index contributed by atoms with van der Waals surface area (Å²) in [4.78, 5) is 17.0.